The van der Waals surface area contributed by atoms with Gasteiger partial charge in [0, 0.05) is 18.7 Å². The van der Waals surface area contributed by atoms with Gasteiger partial charge in [-0.05, 0) is 55.2 Å². The van der Waals surface area contributed by atoms with Gasteiger partial charge in [0.05, 0.1) is 11.4 Å². The highest BCUT2D eigenvalue weighted by atomic mass is 32.2. The van der Waals surface area contributed by atoms with Crippen molar-refractivity contribution in [3.63, 3.8) is 0 Å². The van der Waals surface area contributed by atoms with E-state index in [0.717, 1.165) is 12.8 Å². The van der Waals surface area contributed by atoms with E-state index in [1.807, 2.05) is 24.3 Å². The third kappa shape index (κ3) is 4.44. The van der Waals surface area contributed by atoms with Crippen LogP contribution in [-0.4, -0.2) is 51.0 Å². The molecule has 2 aliphatic heterocycles. The molecule has 0 spiro atoms. The third-order valence-electron chi connectivity index (χ3n) is 5.55. The fourth-order valence-electron chi connectivity index (χ4n) is 3.62. The van der Waals surface area contributed by atoms with E-state index in [1.165, 1.54) is 16.4 Å². The summed E-state index contributed by atoms with van der Waals surface area (Å²) in [4.78, 5) is 12.7. The smallest absolute Gasteiger partial charge is 0.251 e. The van der Waals surface area contributed by atoms with Crippen LogP contribution in [0.4, 0.5) is 0 Å². The van der Waals surface area contributed by atoms with Crippen molar-refractivity contribution < 1.29 is 22.7 Å². The molecule has 1 fully saturated rings. The predicted octanol–water partition coefficient (Wildman–Crippen LogP) is 2.68. The standard InChI is InChI=1S/C22H26N2O5S/c1-16-10-12-24(13-11-16)30(26,27)19-8-6-17(7-9-19)22(25)23-14-18-15-28-20-4-2-3-5-21(20)29-18/h2-9,16,18H,10-15H2,1H3,(H,23,25)/t18-/m1/s1. The Morgan fingerprint density at radius 1 is 1.07 bits per heavy atom. The summed E-state index contributed by atoms with van der Waals surface area (Å²) in [5, 5.41) is 2.82. The van der Waals surface area contributed by atoms with E-state index < -0.39 is 10.0 Å². The number of piperidine rings is 1. The number of benzene rings is 2. The molecule has 2 aliphatic rings. The van der Waals surface area contributed by atoms with Crippen molar-refractivity contribution in [3.05, 3.63) is 54.1 Å². The molecule has 1 saturated heterocycles. The van der Waals surface area contributed by atoms with E-state index in [1.54, 1.807) is 12.1 Å². The largest absolute Gasteiger partial charge is 0.486 e. The first-order valence-electron chi connectivity index (χ1n) is 10.2. The van der Waals surface area contributed by atoms with Crippen molar-refractivity contribution in [1.29, 1.82) is 0 Å². The zero-order valence-electron chi connectivity index (χ0n) is 16.9. The minimum Gasteiger partial charge on any atom is -0.486 e. The van der Waals surface area contributed by atoms with Gasteiger partial charge in [0.1, 0.15) is 12.7 Å². The Kier molecular flexibility index (Phi) is 5.97. The van der Waals surface area contributed by atoms with E-state index in [9.17, 15) is 13.2 Å². The summed E-state index contributed by atoms with van der Waals surface area (Å²) < 4.78 is 38.6. The Hall–Kier alpha value is -2.58. The van der Waals surface area contributed by atoms with E-state index in [-0.39, 0.29) is 16.9 Å². The maximum Gasteiger partial charge on any atom is 0.251 e. The van der Waals surface area contributed by atoms with Crippen molar-refractivity contribution in [3.8, 4) is 11.5 Å². The van der Waals surface area contributed by atoms with Crippen molar-refractivity contribution in [2.75, 3.05) is 26.2 Å². The van der Waals surface area contributed by atoms with Crippen molar-refractivity contribution in [2.45, 2.75) is 30.8 Å². The van der Waals surface area contributed by atoms with Gasteiger partial charge in [0.25, 0.3) is 5.91 Å². The lowest BCUT2D eigenvalue weighted by Crippen LogP contribution is -2.40. The van der Waals surface area contributed by atoms with Gasteiger partial charge in [-0.1, -0.05) is 19.1 Å². The van der Waals surface area contributed by atoms with Crippen molar-refractivity contribution in [2.24, 2.45) is 5.92 Å². The van der Waals surface area contributed by atoms with Crippen LogP contribution in [0.5, 0.6) is 11.5 Å². The molecule has 2 aromatic rings. The first-order valence-corrected chi connectivity index (χ1v) is 11.6. The molecule has 0 aromatic heterocycles. The van der Waals surface area contributed by atoms with Gasteiger partial charge >= 0.3 is 0 Å². The molecule has 2 aromatic carbocycles. The molecule has 0 unspecified atom stereocenters. The molecule has 0 radical (unpaired) electrons. The number of ether oxygens (including phenoxy) is 2. The topological polar surface area (TPSA) is 84.9 Å². The molecule has 0 aliphatic carbocycles. The van der Waals surface area contributed by atoms with Gasteiger partial charge in [-0.2, -0.15) is 4.31 Å². The number of fused-ring (bicyclic) bond motifs is 1. The van der Waals surface area contributed by atoms with E-state index in [4.69, 9.17) is 9.47 Å². The highest BCUT2D eigenvalue weighted by Gasteiger charge is 2.28. The second kappa shape index (κ2) is 8.65. The number of para-hydroxylation sites is 2. The molecule has 8 heteroatoms. The SMILES string of the molecule is CC1CCN(S(=O)(=O)c2ccc(C(=O)NC[C@@H]3COc4ccccc4O3)cc2)CC1. The molecule has 30 heavy (non-hydrogen) atoms. The monoisotopic (exact) mass is 430 g/mol. The Bertz CT molecular complexity index is 998. The maximum absolute atomic E-state index is 12.8. The second-order valence-electron chi connectivity index (χ2n) is 7.82. The Morgan fingerprint density at radius 3 is 2.43 bits per heavy atom. The lowest BCUT2D eigenvalue weighted by atomic mass is 10.0. The molecular weight excluding hydrogens is 404 g/mol. The van der Waals surface area contributed by atoms with Gasteiger partial charge in [-0.3, -0.25) is 4.79 Å². The highest BCUT2D eigenvalue weighted by molar-refractivity contribution is 7.89. The van der Waals surface area contributed by atoms with Gasteiger partial charge in [-0.15, -0.1) is 0 Å². The van der Waals surface area contributed by atoms with E-state index in [2.05, 4.69) is 12.2 Å². The fraction of sp³-hybridized carbons (Fsp3) is 0.409. The molecule has 2 heterocycles. The number of nitrogens with one attached hydrogen (secondary N) is 1. The average molecular weight is 431 g/mol. The molecule has 160 valence electrons. The van der Waals surface area contributed by atoms with Gasteiger partial charge < -0.3 is 14.8 Å². The Balaban J connectivity index is 1.34. The first-order chi connectivity index (χ1) is 14.4. The molecule has 7 nitrogen and oxygen atoms in total. The third-order valence-corrected chi connectivity index (χ3v) is 7.47. The van der Waals surface area contributed by atoms with Crippen LogP contribution in [0.25, 0.3) is 0 Å². The van der Waals surface area contributed by atoms with Crippen LogP contribution in [0.3, 0.4) is 0 Å². The number of carbonyl (C=O) groups is 1. The lowest BCUT2D eigenvalue weighted by Gasteiger charge is -2.29. The van der Waals surface area contributed by atoms with Crippen LogP contribution < -0.4 is 14.8 Å². The van der Waals surface area contributed by atoms with Crippen molar-refractivity contribution >= 4 is 15.9 Å². The summed E-state index contributed by atoms with van der Waals surface area (Å²) >= 11 is 0. The van der Waals surface area contributed by atoms with Gasteiger partial charge in [-0.25, -0.2) is 8.42 Å². The van der Waals surface area contributed by atoms with Gasteiger partial charge in [0.15, 0.2) is 11.5 Å². The summed E-state index contributed by atoms with van der Waals surface area (Å²) in [6, 6.07) is 13.5. The zero-order chi connectivity index (χ0) is 21.1. The summed E-state index contributed by atoms with van der Waals surface area (Å²) in [6.07, 6.45) is 1.46. The van der Waals surface area contributed by atoms with Crippen LogP contribution in [0.2, 0.25) is 0 Å². The fourth-order valence-corrected chi connectivity index (χ4v) is 5.09. The predicted molar refractivity (Wildman–Crippen MR) is 112 cm³/mol. The van der Waals surface area contributed by atoms with E-state index in [0.29, 0.717) is 49.2 Å². The molecule has 4 rings (SSSR count). The summed E-state index contributed by atoms with van der Waals surface area (Å²) in [6.45, 7) is 3.86. The maximum atomic E-state index is 12.8. The number of hydrogen-bond donors (Lipinski definition) is 1. The average Bonchev–Trinajstić information content (AvgIpc) is 2.77. The van der Waals surface area contributed by atoms with E-state index >= 15 is 0 Å². The molecular formula is C22H26N2O5S. The number of hydrogen-bond acceptors (Lipinski definition) is 5. The number of rotatable bonds is 5. The lowest BCUT2D eigenvalue weighted by molar-refractivity contribution is 0.0789. The minimum atomic E-state index is -3.52. The normalized spacial score (nSPS) is 20.0. The van der Waals surface area contributed by atoms with Crippen molar-refractivity contribution in [1.82, 2.24) is 9.62 Å². The zero-order valence-corrected chi connectivity index (χ0v) is 17.7. The molecule has 1 amide bonds. The molecule has 0 bridgehead atoms. The Labute approximate surface area is 177 Å². The summed E-state index contributed by atoms with van der Waals surface area (Å²) in [5.74, 6) is 1.62. The number of amides is 1. The minimum absolute atomic E-state index is 0.217. The number of carbonyl (C=O) groups excluding carboxylic acids is 1. The highest BCUT2D eigenvalue weighted by Crippen LogP contribution is 2.30. The van der Waals surface area contributed by atoms with Crippen LogP contribution in [0.15, 0.2) is 53.4 Å². The Morgan fingerprint density at radius 2 is 1.73 bits per heavy atom. The molecule has 1 N–H and O–H groups in total. The first kappa shape index (κ1) is 20.7. The molecule has 0 saturated carbocycles. The van der Waals surface area contributed by atoms with Crippen LogP contribution >= 0.6 is 0 Å². The van der Waals surface area contributed by atoms with Crippen LogP contribution in [-0.2, 0) is 10.0 Å². The van der Waals surface area contributed by atoms with Crippen LogP contribution in [0.1, 0.15) is 30.1 Å². The molecule has 1 atom stereocenters. The summed E-state index contributed by atoms with van der Waals surface area (Å²) in [7, 11) is -3.52. The second-order valence-corrected chi connectivity index (χ2v) is 9.76. The van der Waals surface area contributed by atoms with Crippen LogP contribution in [0, 0.1) is 5.92 Å². The number of nitrogens with zero attached hydrogens (tertiary/aromatic N) is 1. The number of sulfonamides is 1. The summed E-state index contributed by atoms with van der Waals surface area (Å²) in [5.41, 5.74) is 0.401. The van der Waals surface area contributed by atoms with Gasteiger partial charge in [0.2, 0.25) is 10.0 Å². The quantitative estimate of drug-likeness (QED) is 0.788.